The molecular formula is C37H45F3N4O7Si. The van der Waals surface area contributed by atoms with Gasteiger partial charge in [0.25, 0.3) is 11.8 Å². The number of nitrogens with two attached hydrogens (primary N) is 1. The molecule has 15 heteroatoms. The zero-order chi connectivity index (χ0) is 37.7. The van der Waals surface area contributed by atoms with Crippen LogP contribution >= 0.6 is 0 Å². The van der Waals surface area contributed by atoms with Gasteiger partial charge >= 0.3 is 0 Å². The van der Waals surface area contributed by atoms with Crippen LogP contribution in [0, 0.1) is 17.5 Å². The van der Waals surface area contributed by atoms with Crippen LogP contribution in [-0.2, 0) is 27.2 Å². The van der Waals surface area contributed by atoms with E-state index in [0.717, 1.165) is 5.56 Å². The smallest absolute Gasteiger partial charge is 0.274 e. The first-order valence-electron chi connectivity index (χ1n) is 17.3. The molecule has 1 spiro atoms. The van der Waals surface area contributed by atoms with Gasteiger partial charge in [0.2, 0.25) is 5.43 Å². The molecule has 0 aliphatic carbocycles. The molecule has 11 nitrogen and oxygen atoms in total. The average molecular weight is 743 g/mol. The number of nitrogens with zero attached hydrogens (tertiary/aromatic N) is 3. The van der Waals surface area contributed by atoms with Crippen molar-refractivity contribution >= 4 is 20.1 Å². The SMILES string of the molecule is CO[C@@H]1C[C@]2(CC[C@H](CO[Si](C)(C)C(C)(C)C)N3C[C@H]2n2cc(C(N)=O)c(=O)c(OCc4ccccc4)c2C3=O)ON1Cc1c(F)cc(F)cc1F. The number of carbonyl (C=O) groups is 2. The summed E-state index contributed by atoms with van der Waals surface area (Å²) >= 11 is 0. The lowest BCUT2D eigenvalue weighted by molar-refractivity contribution is -0.253. The van der Waals surface area contributed by atoms with E-state index in [1.54, 1.807) is 17.0 Å². The van der Waals surface area contributed by atoms with Gasteiger partial charge < -0.3 is 29.1 Å². The van der Waals surface area contributed by atoms with E-state index in [4.69, 9.17) is 24.5 Å². The number of benzene rings is 2. The first-order chi connectivity index (χ1) is 24.5. The monoisotopic (exact) mass is 742 g/mol. The van der Waals surface area contributed by atoms with Gasteiger partial charge in [-0.25, -0.2) is 13.2 Å². The molecule has 2 aromatic carbocycles. The maximum Gasteiger partial charge on any atom is 0.274 e. The van der Waals surface area contributed by atoms with E-state index < -0.39 is 79.0 Å². The van der Waals surface area contributed by atoms with Crippen molar-refractivity contribution < 1.29 is 41.5 Å². The highest BCUT2D eigenvalue weighted by Gasteiger charge is 2.57. The second-order valence-corrected chi connectivity index (χ2v) is 20.1. The van der Waals surface area contributed by atoms with Gasteiger partial charge in [0.1, 0.15) is 41.5 Å². The molecule has 2 amide bonds. The number of methoxy groups -OCH3 is 1. The second-order valence-electron chi connectivity index (χ2n) is 15.3. The van der Waals surface area contributed by atoms with Crippen LogP contribution in [-0.4, -0.2) is 72.8 Å². The topological polar surface area (TPSA) is 126 Å². The number of halogens is 3. The number of amides is 2. The van der Waals surface area contributed by atoms with Crippen molar-refractivity contribution in [2.45, 2.75) is 95.2 Å². The predicted molar refractivity (Wildman–Crippen MR) is 187 cm³/mol. The van der Waals surface area contributed by atoms with Crippen LogP contribution in [0.15, 0.2) is 53.5 Å². The minimum Gasteiger partial charge on any atom is -0.483 e. The fourth-order valence-electron chi connectivity index (χ4n) is 7.04. The number of fused-ring (bicyclic) bond motifs is 5. The third-order valence-corrected chi connectivity index (χ3v) is 15.6. The molecular weight excluding hydrogens is 698 g/mol. The number of aromatic nitrogens is 1. The lowest BCUT2D eigenvalue weighted by atomic mass is 9.85. The maximum absolute atomic E-state index is 14.9. The number of primary amides is 1. The summed E-state index contributed by atoms with van der Waals surface area (Å²) in [4.78, 5) is 49.6. The van der Waals surface area contributed by atoms with Crippen LogP contribution in [0.3, 0.4) is 0 Å². The molecule has 6 rings (SSSR count). The highest BCUT2D eigenvalue weighted by atomic mass is 28.4. The van der Waals surface area contributed by atoms with Gasteiger partial charge in [0, 0.05) is 44.0 Å². The van der Waals surface area contributed by atoms with Crippen molar-refractivity contribution in [3.05, 3.63) is 98.7 Å². The normalized spacial score (nSPS) is 23.5. The number of ether oxygens (including phenoxy) is 2. The summed E-state index contributed by atoms with van der Waals surface area (Å²) in [5.74, 6) is -5.03. The lowest BCUT2D eigenvalue weighted by Gasteiger charge is -2.44. The summed E-state index contributed by atoms with van der Waals surface area (Å²) in [7, 11) is -0.846. The Balaban J connectivity index is 1.47. The predicted octanol–water partition coefficient (Wildman–Crippen LogP) is 5.67. The summed E-state index contributed by atoms with van der Waals surface area (Å²) in [6.07, 6.45) is 1.37. The zero-order valence-corrected chi connectivity index (χ0v) is 31.2. The Labute approximate surface area is 301 Å². The Morgan fingerprint density at radius 2 is 1.77 bits per heavy atom. The number of hydrogen-bond acceptors (Lipinski definition) is 8. The first kappa shape index (κ1) is 37.7. The molecule has 1 aromatic heterocycles. The number of hydroxylamine groups is 2. The summed E-state index contributed by atoms with van der Waals surface area (Å²) in [5, 5.41) is 1.21. The van der Waals surface area contributed by atoms with E-state index in [1.807, 2.05) is 18.2 Å². The Hall–Kier alpha value is -4.02. The number of hydrogen-bond donors (Lipinski definition) is 1. The van der Waals surface area contributed by atoms with Gasteiger partial charge in [0.05, 0.1) is 25.2 Å². The zero-order valence-electron chi connectivity index (χ0n) is 30.2. The maximum atomic E-state index is 14.9. The molecule has 4 atom stereocenters. The largest absolute Gasteiger partial charge is 0.483 e. The second kappa shape index (κ2) is 14.1. The van der Waals surface area contributed by atoms with Crippen molar-refractivity contribution in [3.63, 3.8) is 0 Å². The van der Waals surface area contributed by atoms with Crippen LogP contribution < -0.4 is 15.9 Å². The summed E-state index contributed by atoms with van der Waals surface area (Å²) in [5.41, 5.74) is 3.57. The standard InChI is InChI=1S/C37H45F3N4O7Si/c1-36(2,3)52(5,6)50-21-24-12-13-37(16-30(48-4)44(51-37)18-25-27(39)14-23(38)15-28(25)40)29-19-42(24)35(47)31-33(49-20-22-10-8-7-9-11-22)32(45)26(34(41)46)17-43(29)31/h7-11,14-15,17,24,29-30H,12-13,16,18-21H2,1-6H3,(H2,41,46)/t24-,29-,30-,37+/m1/s1. The Morgan fingerprint density at radius 1 is 1.10 bits per heavy atom. The molecule has 0 saturated carbocycles. The first-order valence-corrected chi connectivity index (χ1v) is 20.2. The Morgan fingerprint density at radius 3 is 2.38 bits per heavy atom. The van der Waals surface area contributed by atoms with Crippen molar-refractivity contribution in [2.24, 2.45) is 5.73 Å². The molecule has 2 N–H and O–H groups in total. The van der Waals surface area contributed by atoms with Crippen molar-refractivity contribution in [1.82, 2.24) is 14.5 Å². The van der Waals surface area contributed by atoms with Crippen molar-refractivity contribution in [3.8, 4) is 5.75 Å². The van der Waals surface area contributed by atoms with E-state index in [1.165, 1.54) is 22.9 Å². The van der Waals surface area contributed by atoms with Crippen LogP contribution in [0.1, 0.15) is 78.0 Å². The quantitative estimate of drug-likeness (QED) is 0.264. The molecule has 0 unspecified atom stereocenters. The number of pyridine rings is 1. The molecule has 4 heterocycles. The van der Waals surface area contributed by atoms with Crippen molar-refractivity contribution in [1.29, 1.82) is 0 Å². The fraction of sp³-hybridized carbons (Fsp3) is 0.486. The summed E-state index contributed by atoms with van der Waals surface area (Å²) in [6, 6.07) is 9.05. The average Bonchev–Trinajstić information content (AvgIpc) is 3.37. The van der Waals surface area contributed by atoms with Crippen LogP contribution in [0.5, 0.6) is 5.75 Å². The van der Waals surface area contributed by atoms with Crippen LogP contribution in [0.2, 0.25) is 18.1 Å². The molecule has 280 valence electrons. The fourth-order valence-corrected chi connectivity index (χ4v) is 8.09. The molecule has 0 radical (unpaired) electrons. The van der Waals surface area contributed by atoms with Gasteiger partial charge in [-0.1, -0.05) is 51.1 Å². The summed E-state index contributed by atoms with van der Waals surface area (Å²) < 4.78 is 63.7. The Bertz CT molecular complexity index is 1900. The van der Waals surface area contributed by atoms with Gasteiger partial charge in [-0.2, -0.15) is 5.06 Å². The highest BCUT2D eigenvalue weighted by molar-refractivity contribution is 6.74. The molecule has 3 aliphatic rings. The molecule has 3 aliphatic heterocycles. The minimum absolute atomic E-state index is 0.0723. The third kappa shape index (κ3) is 6.91. The van der Waals surface area contributed by atoms with E-state index in [-0.39, 0.29) is 48.2 Å². The van der Waals surface area contributed by atoms with E-state index in [9.17, 15) is 27.6 Å². The lowest BCUT2D eigenvalue weighted by Crippen LogP contribution is -2.54. The Kier molecular flexibility index (Phi) is 10.2. The van der Waals surface area contributed by atoms with E-state index >= 15 is 0 Å². The van der Waals surface area contributed by atoms with Crippen LogP contribution in [0.25, 0.3) is 0 Å². The van der Waals surface area contributed by atoms with Crippen LogP contribution in [0.4, 0.5) is 13.2 Å². The molecule has 52 heavy (non-hydrogen) atoms. The van der Waals surface area contributed by atoms with Gasteiger partial charge in [-0.15, -0.1) is 0 Å². The number of carbonyl (C=O) groups excluding carboxylic acids is 2. The van der Waals surface area contributed by atoms with E-state index in [0.29, 0.717) is 25.0 Å². The molecule has 2 bridgehead atoms. The van der Waals surface area contributed by atoms with E-state index in [2.05, 4.69) is 33.9 Å². The molecule has 2 fully saturated rings. The van der Waals surface area contributed by atoms with Crippen molar-refractivity contribution in [2.75, 3.05) is 20.3 Å². The van der Waals surface area contributed by atoms with Gasteiger partial charge in [-0.05, 0) is 36.5 Å². The highest BCUT2D eigenvalue weighted by Crippen LogP contribution is 2.49. The molecule has 3 aromatic rings. The summed E-state index contributed by atoms with van der Waals surface area (Å²) in [6.45, 7) is 10.4. The van der Waals surface area contributed by atoms with Gasteiger partial charge in [-0.3, -0.25) is 19.2 Å². The molecule has 2 saturated heterocycles. The minimum atomic E-state index is -2.28. The third-order valence-electron chi connectivity index (χ3n) is 11.1. The van der Waals surface area contributed by atoms with Gasteiger partial charge in [0.15, 0.2) is 19.8 Å². The number of rotatable bonds is 10.